The summed E-state index contributed by atoms with van der Waals surface area (Å²) in [4.78, 5) is 24.8. The Morgan fingerprint density at radius 2 is 1.95 bits per heavy atom. The highest BCUT2D eigenvalue weighted by molar-refractivity contribution is 5.84. The molecular formula is C15H16FNO3. The van der Waals surface area contributed by atoms with Crippen LogP contribution < -0.4 is 0 Å². The van der Waals surface area contributed by atoms with E-state index in [1.165, 1.54) is 12.1 Å². The number of halogens is 1. The molecule has 2 aliphatic rings. The summed E-state index contributed by atoms with van der Waals surface area (Å²) in [7, 11) is 0. The molecule has 1 saturated carbocycles. The van der Waals surface area contributed by atoms with Gasteiger partial charge in [0, 0.05) is 19.0 Å². The van der Waals surface area contributed by atoms with Gasteiger partial charge in [0.1, 0.15) is 5.82 Å². The second-order valence-electron chi connectivity index (χ2n) is 5.61. The van der Waals surface area contributed by atoms with E-state index in [0.29, 0.717) is 19.5 Å². The fraction of sp³-hybridized carbons (Fsp3) is 0.467. The van der Waals surface area contributed by atoms with Crippen molar-refractivity contribution in [2.45, 2.75) is 18.8 Å². The van der Waals surface area contributed by atoms with Crippen LogP contribution in [0.4, 0.5) is 4.39 Å². The molecule has 106 valence electrons. The lowest BCUT2D eigenvalue weighted by Gasteiger charge is -2.15. The van der Waals surface area contributed by atoms with Gasteiger partial charge in [-0.2, -0.15) is 0 Å². The first-order valence-corrected chi connectivity index (χ1v) is 6.83. The zero-order valence-electron chi connectivity index (χ0n) is 11.0. The number of carbonyl (C=O) groups is 2. The number of amides is 1. The molecule has 3 atom stereocenters. The van der Waals surface area contributed by atoms with Crippen LogP contribution in [-0.2, 0) is 9.59 Å². The Morgan fingerprint density at radius 3 is 2.55 bits per heavy atom. The van der Waals surface area contributed by atoms with Gasteiger partial charge in [0.05, 0.1) is 5.92 Å². The number of carboxylic acid groups (broad SMARTS) is 1. The van der Waals surface area contributed by atoms with E-state index >= 15 is 0 Å². The second-order valence-corrected chi connectivity index (χ2v) is 5.61. The molecule has 5 heteroatoms. The van der Waals surface area contributed by atoms with Gasteiger partial charge in [0.2, 0.25) is 5.91 Å². The van der Waals surface area contributed by atoms with Crippen molar-refractivity contribution in [1.82, 2.24) is 4.90 Å². The summed E-state index contributed by atoms with van der Waals surface area (Å²) >= 11 is 0. The first-order chi connectivity index (χ1) is 9.56. The van der Waals surface area contributed by atoms with E-state index in [0.717, 1.165) is 12.0 Å². The Bertz CT molecular complexity index is 543. The van der Waals surface area contributed by atoms with Crippen molar-refractivity contribution >= 4 is 11.9 Å². The van der Waals surface area contributed by atoms with E-state index in [1.54, 1.807) is 17.0 Å². The lowest BCUT2D eigenvalue weighted by atomic mass is 10.1. The maximum Gasteiger partial charge on any atom is 0.308 e. The van der Waals surface area contributed by atoms with Gasteiger partial charge >= 0.3 is 5.97 Å². The number of likely N-dealkylation sites (tertiary alicyclic amines) is 1. The maximum absolute atomic E-state index is 12.9. The fourth-order valence-electron chi connectivity index (χ4n) is 2.94. The first-order valence-electron chi connectivity index (χ1n) is 6.83. The number of hydrogen-bond donors (Lipinski definition) is 1. The number of carbonyl (C=O) groups excluding carboxylic acids is 1. The van der Waals surface area contributed by atoms with Crippen molar-refractivity contribution in [2.24, 2.45) is 11.8 Å². The molecule has 0 spiro atoms. The van der Waals surface area contributed by atoms with E-state index in [9.17, 15) is 14.0 Å². The van der Waals surface area contributed by atoms with Gasteiger partial charge in [0.25, 0.3) is 0 Å². The lowest BCUT2D eigenvalue weighted by Crippen LogP contribution is -2.31. The smallest absolute Gasteiger partial charge is 0.308 e. The summed E-state index contributed by atoms with van der Waals surface area (Å²) in [5.74, 6) is -1.39. The Balaban J connectivity index is 1.61. The van der Waals surface area contributed by atoms with Gasteiger partial charge in [-0.1, -0.05) is 12.1 Å². The number of aliphatic carboxylic acids is 1. The highest BCUT2D eigenvalue weighted by Gasteiger charge is 2.47. The van der Waals surface area contributed by atoms with E-state index < -0.39 is 11.9 Å². The van der Waals surface area contributed by atoms with Crippen LogP contribution in [0.5, 0.6) is 0 Å². The molecule has 2 fully saturated rings. The minimum absolute atomic E-state index is 0.0445. The Morgan fingerprint density at radius 1 is 1.25 bits per heavy atom. The predicted octanol–water partition coefficient (Wildman–Crippen LogP) is 1.86. The highest BCUT2D eigenvalue weighted by atomic mass is 19.1. The Hall–Kier alpha value is -1.91. The van der Waals surface area contributed by atoms with E-state index in [-0.39, 0.29) is 23.6 Å². The van der Waals surface area contributed by atoms with Crippen LogP contribution in [0.3, 0.4) is 0 Å². The van der Waals surface area contributed by atoms with Crippen LogP contribution in [0.15, 0.2) is 24.3 Å². The second kappa shape index (κ2) is 4.89. The molecule has 0 aromatic heterocycles. The van der Waals surface area contributed by atoms with Gasteiger partial charge in [-0.3, -0.25) is 9.59 Å². The summed E-state index contributed by atoms with van der Waals surface area (Å²) in [6.45, 7) is 0.850. The molecule has 1 heterocycles. The molecule has 3 rings (SSSR count). The average Bonchev–Trinajstić information content (AvgIpc) is 3.06. The molecule has 1 aromatic rings. The molecule has 20 heavy (non-hydrogen) atoms. The molecule has 1 aliphatic carbocycles. The van der Waals surface area contributed by atoms with Crippen molar-refractivity contribution in [3.05, 3.63) is 35.6 Å². The van der Waals surface area contributed by atoms with Gasteiger partial charge in [-0.05, 0) is 36.5 Å². The quantitative estimate of drug-likeness (QED) is 0.917. The van der Waals surface area contributed by atoms with Crippen LogP contribution in [0.1, 0.15) is 24.3 Å². The number of hydrogen-bond acceptors (Lipinski definition) is 2. The lowest BCUT2D eigenvalue weighted by molar-refractivity contribution is -0.141. The Labute approximate surface area is 116 Å². The van der Waals surface area contributed by atoms with Crippen molar-refractivity contribution in [2.75, 3.05) is 13.1 Å². The average molecular weight is 277 g/mol. The SMILES string of the molecule is O=C(O)[C@@H]1CCN(C(=O)[C@@H]2C[C@@H]2c2ccc(F)cc2)C1. The minimum atomic E-state index is -0.828. The summed E-state index contributed by atoms with van der Waals surface area (Å²) in [5, 5.41) is 8.95. The standard InChI is InChI=1S/C15H16FNO3/c16-11-3-1-9(2-4-11)12-7-13(12)14(18)17-6-5-10(8-17)15(19)20/h1-4,10,12-13H,5-8H2,(H,19,20)/t10-,12-,13-/m1/s1. The van der Waals surface area contributed by atoms with Crippen molar-refractivity contribution in [3.63, 3.8) is 0 Å². The third kappa shape index (κ3) is 2.40. The van der Waals surface area contributed by atoms with Crippen LogP contribution in [0.25, 0.3) is 0 Å². The molecule has 1 amide bonds. The minimum Gasteiger partial charge on any atom is -0.481 e. The van der Waals surface area contributed by atoms with Gasteiger partial charge < -0.3 is 10.0 Å². The van der Waals surface area contributed by atoms with Crippen molar-refractivity contribution in [3.8, 4) is 0 Å². The van der Waals surface area contributed by atoms with Crippen LogP contribution in [0.2, 0.25) is 0 Å². The van der Waals surface area contributed by atoms with Crippen molar-refractivity contribution < 1.29 is 19.1 Å². The number of carboxylic acids is 1. The Kier molecular flexibility index (Phi) is 3.20. The third-order valence-corrected chi connectivity index (χ3v) is 4.25. The summed E-state index contributed by atoms with van der Waals surface area (Å²) < 4.78 is 12.9. The largest absolute Gasteiger partial charge is 0.481 e. The molecule has 0 radical (unpaired) electrons. The summed E-state index contributed by atoms with van der Waals surface area (Å²) in [6.07, 6.45) is 1.31. The molecule has 1 aliphatic heterocycles. The van der Waals surface area contributed by atoms with Gasteiger partial charge in [-0.15, -0.1) is 0 Å². The normalized spacial score (nSPS) is 28.4. The predicted molar refractivity (Wildman–Crippen MR) is 69.6 cm³/mol. The molecule has 1 aromatic carbocycles. The van der Waals surface area contributed by atoms with Crippen LogP contribution >= 0.6 is 0 Å². The molecule has 0 unspecified atom stereocenters. The molecule has 4 nitrogen and oxygen atoms in total. The van der Waals surface area contributed by atoms with Crippen LogP contribution in [0, 0.1) is 17.7 Å². The number of nitrogens with zero attached hydrogens (tertiary/aromatic N) is 1. The van der Waals surface area contributed by atoms with E-state index in [4.69, 9.17) is 5.11 Å². The number of benzene rings is 1. The van der Waals surface area contributed by atoms with Gasteiger partial charge in [-0.25, -0.2) is 4.39 Å². The highest BCUT2D eigenvalue weighted by Crippen LogP contribution is 2.48. The summed E-state index contributed by atoms with van der Waals surface area (Å²) in [5.41, 5.74) is 0.985. The topological polar surface area (TPSA) is 57.6 Å². The summed E-state index contributed by atoms with van der Waals surface area (Å²) in [6, 6.07) is 6.26. The van der Waals surface area contributed by atoms with E-state index in [1.807, 2.05) is 0 Å². The molecule has 1 saturated heterocycles. The maximum atomic E-state index is 12.9. The zero-order chi connectivity index (χ0) is 14.3. The fourth-order valence-corrected chi connectivity index (χ4v) is 2.94. The van der Waals surface area contributed by atoms with Crippen LogP contribution in [-0.4, -0.2) is 35.0 Å². The monoisotopic (exact) mass is 277 g/mol. The van der Waals surface area contributed by atoms with Gasteiger partial charge in [0.15, 0.2) is 0 Å². The van der Waals surface area contributed by atoms with E-state index in [2.05, 4.69) is 0 Å². The molecular weight excluding hydrogens is 261 g/mol. The molecule has 1 N–H and O–H groups in total. The zero-order valence-corrected chi connectivity index (χ0v) is 11.0. The van der Waals surface area contributed by atoms with Crippen molar-refractivity contribution in [1.29, 1.82) is 0 Å². The number of rotatable bonds is 3. The third-order valence-electron chi connectivity index (χ3n) is 4.25. The first kappa shape index (κ1) is 13.1. The molecule has 0 bridgehead atoms.